The van der Waals surface area contributed by atoms with E-state index in [1.54, 1.807) is 11.3 Å². The zero-order chi connectivity index (χ0) is 13.5. The SMILES string of the molecule is Cc1cscc1NC(=O)NCCC[C@@H]1CCCCO1. The molecule has 0 aliphatic carbocycles. The van der Waals surface area contributed by atoms with Crippen LogP contribution in [0.4, 0.5) is 10.5 Å². The molecule has 4 nitrogen and oxygen atoms in total. The van der Waals surface area contributed by atoms with Gasteiger partial charge in [0, 0.05) is 18.5 Å². The highest BCUT2D eigenvalue weighted by Gasteiger charge is 2.13. The molecule has 5 heteroatoms. The molecule has 19 heavy (non-hydrogen) atoms. The van der Waals surface area contributed by atoms with Crippen molar-refractivity contribution in [3.63, 3.8) is 0 Å². The van der Waals surface area contributed by atoms with Crippen LogP contribution in [0.15, 0.2) is 10.8 Å². The minimum atomic E-state index is -0.119. The predicted octanol–water partition coefficient (Wildman–Crippen LogP) is 3.53. The lowest BCUT2D eigenvalue weighted by Crippen LogP contribution is -2.30. The van der Waals surface area contributed by atoms with Crippen molar-refractivity contribution in [3.8, 4) is 0 Å². The first-order chi connectivity index (χ1) is 9.25. The first-order valence-corrected chi connectivity index (χ1v) is 7.89. The molecule has 1 aliphatic heterocycles. The van der Waals surface area contributed by atoms with E-state index in [-0.39, 0.29) is 6.03 Å². The normalized spacial score (nSPS) is 19.1. The van der Waals surface area contributed by atoms with Crippen LogP contribution in [-0.4, -0.2) is 25.3 Å². The van der Waals surface area contributed by atoms with Gasteiger partial charge in [0.15, 0.2) is 0 Å². The van der Waals surface area contributed by atoms with E-state index in [9.17, 15) is 4.79 Å². The van der Waals surface area contributed by atoms with Gasteiger partial charge in [-0.25, -0.2) is 4.79 Å². The number of hydrogen-bond donors (Lipinski definition) is 2. The number of amides is 2. The monoisotopic (exact) mass is 282 g/mol. The largest absolute Gasteiger partial charge is 0.378 e. The van der Waals surface area contributed by atoms with E-state index >= 15 is 0 Å². The lowest BCUT2D eigenvalue weighted by Gasteiger charge is -2.22. The molecular weight excluding hydrogens is 260 g/mol. The summed E-state index contributed by atoms with van der Waals surface area (Å²) in [6, 6.07) is -0.119. The van der Waals surface area contributed by atoms with E-state index in [0.717, 1.165) is 30.7 Å². The summed E-state index contributed by atoms with van der Waals surface area (Å²) in [5.41, 5.74) is 2.01. The molecule has 1 saturated heterocycles. The topological polar surface area (TPSA) is 50.4 Å². The highest BCUT2D eigenvalue weighted by molar-refractivity contribution is 7.08. The Morgan fingerprint density at radius 1 is 1.47 bits per heavy atom. The van der Waals surface area contributed by atoms with E-state index < -0.39 is 0 Å². The van der Waals surface area contributed by atoms with Crippen LogP contribution in [0.5, 0.6) is 0 Å². The molecule has 2 rings (SSSR count). The molecule has 2 N–H and O–H groups in total. The molecule has 1 aliphatic rings. The van der Waals surface area contributed by atoms with Gasteiger partial charge in [0.1, 0.15) is 0 Å². The second-order valence-corrected chi connectivity index (χ2v) is 5.72. The van der Waals surface area contributed by atoms with Crippen LogP contribution in [0.3, 0.4) is 0 Å². The van der Waals surface area contributed by atoms with Gasteiger partial charge in [-0.05, 0) is 50.0 Å². The van der Waals surface area contributed by atoms with Gasteiger partial charge < -0.3 is 15.4 Å². The van der Waals surface area contributed by atoms with Gasteiger partial charge in [-0.3, -0.25) is 0 Å². The third kappa shape index (κ3) is 4.84. The molecule has 1 aromatic heterocycles. The van der Waals surface area contributed by atoms with Crippen molar-refractivity contribution < 1.29 is 9.53 Å². The van der Waals surface area contributed by atoms with Gasteiger partial charge in [-0.2, -0.15) is 0 Å². The van der Waals surface area contributed by atoms with E-state index in [0.29, 0.717) is 12.6 Å². The maximum atomic E-state index is 11.7. The molecule has 106 valence electrons. The van der Waals surface area contributed by atoms with Gasteiger partial charge in [0.2, 0.25) is 0 Å². The number of hydrogen-bond acceptors (Lipinski definition) is 3. The minimum Gasteiger partial charge on any atom is -0.378 e. The van der Waals surface area contributed by atoms with Gasteiger partial charge >= 0.3 is 6.03 Å². The lowest BCUT2D eigenvalue weighted by atomic mass is 10.0. The van der Waals surface area contributed by atoms with Gasteiger partial charge in [-0.1, -0.05) is 0 Å². The van der Waals surface area contributed by atoms with Crippen LogP contribution >= 0.6 is 11.3 Å². The number of ether oxygens (including phenoxy) is 1. The number of thiophene rings is 1. The Morgan fingerprint density at radius 2 is 2.37 bits per heavy atom. The van der Waals surface area contributed by atoms with Crippen molar-refractivity contribution in [1.29, 1.82) is 0 Å². The Balaban J connectivity index is 1.57. The lowest BCUT2D eigenvalue weighted by molar-refractivity contribution is 0.0103. The van der Waals surface area contributed by atoms with E-state index in [1.807, 2.05) is 17.7 Å². The second kappa shape index (κ2) is 7.50. The van der Waals surface area contributed by atoms with Crippen molar-refractivity contribution in [3.05, 3.63) is 16.3 Å². The average molecular weight is 282 g/mol. The number of rotatable bonds is 5. The fourth-order valence-corrected chi connectivity index (χ4v) is 3.00. The molecule has 0 aromatic carbocycles. The number of carbonyl (C=O) groups is 1. The average Bonchev–Trinajstić information content (AvgIpc) is 2.82. The molecular formula is C14H22N2O2S. The summed E-state index contributed by atoms with van der Waals surface area (Å²) in [6.07, 6.45) is 6.05. The van der Waals surface area contributed by atoms with E-state index in [2.05, 4.69) is 10.6 Å². The zero-order valence-electron chi connectivity index (χ0n) is 11.4. The Morgan fingerprint density at radius 3 is 3.05 bits per heavy atom. The van der Waals surface area contributed by atoms with Crippen LogP contribution in [0, 0.1) is 6.92 Å². The molecule has 1 atom stereocenters. The third-order valence-electron chi connectivity index (χ3n) is 3.37. The Hall–Kier alpha value is -1.07. The number of nitrogens with one attached hydrogen (secondary N) is 2. The van der Waals surface area contributed by atoms with Gasteiger partial charge in [0.05, 0.1) is 11.8 Å². The molecule has 2 amide bonds. The molecule has 1 fully saturated rings. The molecule has 0 bridgehead atoms. The van der Waals surface area contributed by atoms with Crippen molar-refractivity contribution in [1.82, 2.24) is 5.32 Å². The van der Waals surface area contributed by atoms with Crippen molar-refractivity contribution in [2.75, 3.05) is 18.5 Å². The van der Waals surface area contributed by atoms with Crippen LogP contribution in [0.2, 0.25) is 0 Å². The second-order valence-electron chi connectivity index (χ2n) is 4.98. The summed E-state index contributed by atoms with van der Waals surface area (Å²) in [5, 5.41) is 9.72. The molecule has 0 saturated carbocycles. The maximum Gasteiger partial charge on any atom is 0.319 e. The highest BCUT2D eigenvalue weighted by Crippen LogP contribution is 2.19. The van der Waals surface area contributed by atoms with Crippen LogP contribution < -0.4 is 10.6 Å². The number of carbonyl (C=O) groups excluding carboxylic acids is 1. The summed E-state index contributed by atoms with van der Waals surface area (Å²) in [4.78, 5) is 11.7. The zero-order valence-corrected chi connectivity index (χ0v) is 12.2. The quantitative estimate of drug-likeness (QED) is 0.812. The minimum absolute atomic E-state index is 0.119. The number of urea groups is 1. The molecule has 0 radical (unpaired) electrons. The first kappa shape index (κ1) is 14.3. The van der Waals surface area contributed by atoms with Crippen molar-refractivity contribution in [2.45, 2.75) is 45.1 Å². The van der Waals surface area contributed by atoms with Crippen molar-refractivity contribution in [2.24, 2.45) is 0 Å². The summed E-state index contributed by atoms with van der Waals surface area (Å²) in [7, 11) is 0. The summed E-state index contributed by atoms with van der Waals surface area (Å²) in [5.74, 6) is 0. The molecule has 2 heterocycles. The van der Waals surface area contributed by atoms with Crippen LogP contribution in [0.25, 0.3) is 0 Å². The molecule has 0 unspecified atom stereocenters. The van der Waals surface area contributed by atoms with Crippen LogP contribution in [0.1, 0.15) is 37.7 Å². The fourth-order valence-electron chi connectivity index (χ4n) is 2.22. The van der Waals surface area contributed by atoms with Gasteiger partial charge in [-0.15, -0.1) is 11.3 Å². The Labute approximate surface area is 118 Å². The predicted molar refractivity (Wildman–Crippen MR) is 78.9 cm³/mol. The first-order valence-electron chi connectivity index (χ1n) is 6.95. The Bertz CT molecular complexity index is 400. The number of aryl methyl sites for hydroxylation is 1. The maximum absolute atomic E-state index is 11.7. The van der Waals surface area contributed by atoms with Gasteiger partial charge in [0.25, 0.3) is 0 Å². The summed E-state index contributed by atoms with van der Waals surface area (Å²) in [6.45, 7) is 3.59. The molecule has 0 spiro atoms. The molecule has 1 aromatic rings. The van der Waals surface area contributed by atoms with E-state index in [4.69, 9.17) is 4.74 Å². The third-order valence-corrected chi connectivity index (χ3v) is 4.23. The Kier molecular flexibility index (Phi) is 5.66. The highest BCUT2D eigenvalue weighted by atomic mass is 32.1. The standard InChI is InChI=1S/C14H22N2O2S/c1-11-9-19-10-13(11)16-14(17)15-7-4-6-12-5-2-3-8-18-12/h9-10,12H,2-8H2,1H3,(H2,15,16,17)/t12-/m0/s1. The summed E-state index contributed by atoms with van der Waals surface area (Å²) >= 11 is 1.60. The van der Waals surface area contributed by atoms with E-state index in [1.165, 1.54) is 19.3 Å². The fraction of sp³-hybridized carbons (Fsp3) is 0.643. The number of anilines is 1. The smallest absolute Gasteiger partial charge is 0.319 e. The summed E-state index contributed by atoms with van der Waals surface area (Å²) < 4.78 is 5.66. The van der Waals surface area contributed by atoms with Crippen LogP contribution in [-0.2, 0) is 4.74 Å². The van der Waals surface area contributed by atoms with Crippen molar-refractivity contribution >= 4 is 23.1 Å².